The van der Waals surface area contributed by atoms with Crippen LogP contribution in [0.3, 0.4) is 0 Å². The van der Waals surface area contributed by atoms with Crippen LogP contribution in [-0.4, -0.2) is 22.4 Å². The molecule has 31 heavy (non-hydrogen) atoms. The molecule has 3 rings (SSSR count). The number of aromatic nitrogens is 2. The number of nitrogens with one attached hydrogen (secondary N) is 3. The summed E-state index contributed by atoms with van der Waals surface area (Å²) in [6.07, 6.45) is -4.60. The average molecular weight is 429 g/mol. The maximum absolute atomic E-state index is 12.8. The first kappa shape index (κ1) is 22.1. The Balaban J connectivity index is 1.61. The number of carbonyl (C=O) groups excluding carboxylic acids is 1. The molecule has 162 valence electrons. The van der Waals surface area contributed by atoms with E-state index in [0.717, 1.165) is 30.2 Å². The number of benzene rings is 2. The zero-order valence-electron chi connectivity index (χ0n) is 17.0. The van der Waals surface area contributed by atoms with Gasteiger partial charge in [0, 0.05) is 24.0 Å². The minimum absolute atomic E-state index is 0.155. The number of alkyl halides is 3. The highest BCUT2D eigenvalue weighted by Crippen LogP contribution is 2.29. The summed E-state index contributed by atoms with van der Waals surface area (Å²) in [5.41, 5.74) is 0.817. The smallest absolute Gasteiger partial charge is 0.370 e. The van der Waals surface area contributed by atoms with Crippen molar-refractivity contribution in [2.45, 2.75) is 26.4 Å². The lowest BCUT2D eigenvalue weighted by molar-refractivity contribution is -0.137. The zero-order valence-corrected chi connectivity index (χ0v) is 17.0. The van der Waals surface area contributed by atoms with Crippen molar-refractivity contribution in [1.82, 2.24) is 9.97 Å². The van der Waals surface area contributed by atoms with E-state index in [9.17, 15) is 18.0 Å². The SMILES string of the molecule is CCNc1cc(Nc2ccc(NC(=O)Cc3cccc(C(F)(F)F)c3)cc2)nc(C)n1. The van der Waals surface area contributed by atoms with E-state index in [1.54, 1.807) is 37.3 Å². The summed E-state index contributed by atoms with van der Waals surface area (Å²) in [6.45, 7) is 4.52. The number of rotatable bonds is 7. The number of hydrogen-bond donors (Lipinski definition) is 3. The Hall–Kier alpha value is -3.62. The monoisotopic (exact) mass is 429 g/mol. The van der Waals surface area contributed by atoms with Crippen molar-refractivity contribution < 1.29 is 18.0 Å². The van der Waals surface area contributed by atoms with Gasteiger partial charge in [-0.1, -0.05) is 18.2 Å². The van der Waals surface area contributed by atoms with Crippen LogP contribution in [0.25, 0.3) is 0 Å². The van der Waals surface area contributed by atoms with Gasteiger partial charge in [0.25, 0.3) is 0 Å². The number of amides is 1. The van der Waals surface area contributed by atoms with Crippen LogP contribution < -0.4 is 16.0 Å². The molecular formula is C22H22F3N5O. The number of carbonyl (C=O) groups is 1. The van der Waals surface area contributed by atoms with Gasteiger partial charge in [0.15, 0.2) is 0 Å². The molecule has 0 fully saturated rings. The third-order valence-corrected chi connectivity index (χ3v) is 4.26. The summed E-state index contributed by atoms with van der Waals surface area (Å²) in [5.74, 6) is 1.57. The Morgan fingerprint density at radius 2 is 1.65 bits per heavy atom. The van der Waals surface area contributed by atoms with Gasteiger partial charge in [0.2, 0.25) is 5.91 Å². The topological polar surface area (TPSA) is 78.9 Å². The molecule has 1 amide bonds. The van der Waals surface area contributed by atoms with Gasteiger partial charge in [0.1, 0.15) is 17.5 Å². The highest BCUT2D eigenvalue weighted by atomic mass is 19.4. The van der Waals surface area contributed by atoms with Crippen LogP contribution >= 0.6 is 0 Å². The molecule has 0 saturated heterocycles. The van der Waals surface area contributed by atoms with E-state index in [1.165, 1.54) is 12.1 Å². The first-order valence-corrected chi connectivity index (χ1v) is 9.65. The van der Waals surface area contributed by atoms with Crippen LogP contribution in [-0.2, 0) is 17.4 Å². The maximum atomic E-state index is 12.8. The Morgan fingerprint density at radius 1 is 0.968 bits per heavy atom. The molecule has 0 atom stereocenters. The van der Waals surface area contributed by atoms with Crippen LogP contribution in [0, 0.1) is 6.92 Å². The highest BCUT2D eigenvalue weighted by Gasteiger charge is 2.30. The first-order chi connectivity index (χ1) is 14.7. The summed E-state index contributed by atoms with van der Waals surface area (Å²) in [6, 6.07) is 13.5. The Kier molecular flexibility index (Phi) is 6.74. The number of aryl methyl sites for hydroxylation is 1. The van der Waals surface area contributed by atoms with E-state index in [1.807, 2.05) is 6.92 Å². The normalized spacial score (nSPS) is 11.1. The molecule has 3 N–H and O–H groups in total. The molecule has 3 aromatic rings. The minimum atomic E-state index is -4.44. The van der Waals surface area contributed by atoms with Crippen LogP contribution in [0.4, 0.5) is 36.2 Å². The van der Waals surface area contributed by atoms with E-state index < -0.39 is 17.6 Å². The summed E-state index contributed by atoms with van der Waals surface area (Å²) in [7, 11) is 0. The minimum Gasteiger partial charge on any atom is -0.370 e. The van der Waals surface area contributed by atoms with Crippen LogP contribution in [0.2, 0.25) is 0 Å². The van der Waals surface area contributed by atoms with E-state index in [-0.39, 0.29) is 6.42 Å². The lowest BCUT2D eigenvalue weighted by Crippen LogP contribution is -2.15. The standard InChI is InChI=1S/C22H22F3N5O/c1-3-26-19-13-20(28-14(2)27-19)29-17-7-9-18(10-8-17)30-21(31)12-15-5-4-6-16(11-15)22(23,24)25/h4-11,13H,3,12H2,1-2H3,(H,30,31)(H2,26,27,28,29). The van der Waals surface area contributed by atoms with Gasteiger partial charge in [-0.15, -0.1) is 0 Å². The number of anilines is 4. The third-order valence-electron chi connectivity index (χ3n) is 4.26. The zero-order chi connectivity index (χ0) is 22.4. The second-order valence-corrected chi connectivity index (χ2v) is 6.84. The van der Waals surface area contributed by atoms with Crippen LogP contribution in [0.1, 0.15) is 23.9 Å². The molecule has 0 saturated carbocycles. The predicted molar refractivity (Wildman–Crippen MR) is 114 cm³/mol. The molecular weight excluding hydrogens is 407 g/mol. The van der Waals surface area contributed by atoms with Crippen molar-refractivity contribution in [3.8, 4) is 0 Å². The molecule has 0 aliphatic heterocycles. The van der Waals surface area contributed by atoms with Gasteiger partial charge in [-0.25, -0.2) is 9.97 Å². The van der Waals surface area contributed by atoms with Crippen molar-refractivity contribution in [3.05, 3.63) is 71.5 Å². The Labute approximate surface area is 177 Å². The van der Waals surface area contributed by atoms with Crippen molar-refractivity contribution in [2.75, 3.05) is 22.5 Å². The van der Waals surface area contributed by atoms with Crippen LogP contribution in [0.5, 0.6) is 0 Å². The lowest BCUT2D eigenvalue weighted by atomic mass is 10.1. The average Bonchev–Trinajstić information content (AvgIpc) is 2.69. The largest absolute Gasteiger partial charge is 0.416 e. The Bertz CT molecular complexity index is 1050. The second-order valence-electron chi connectivity index (χ2n) is 6.84. The fourth-order valence-corrected chi connectivity index (χ4v) is 2.94. The van der Waals surface area contributed by atoms with Gasteiger partial charge in [-0.3, -0.25) is 4.79 Å². The molecule has 2 aromatic carbocycles. The molecule has 1 heterocycles. The molecule has 0 spiro atoms. The van der Waals surface area contributed by atoms with E-state index in [0.29, 0.717) is 22.9 Å². The molecule has 1 aromatic heterocycles. The molecule has 6 nitrogen and oxygen atoms in total. The second kappa shape index (κ2) is 9.46. The Morgan fingerprint density at radius 3 is 2.32 bits per heavy atom. The van der Waals surface area contributed by atoms with E-state index in [2.05, 4.69) is 25.9 Å². The van der Waals surface area contributed by atoms with Gasteiger partial charge in [-0.05, 0) is 49.7 Å². The fraction of sp³-hybridized carbons (Fsp3) is 0.227. The fourth-order valence-electron chi connectivity index (χ4n) is 2.94. The van der Waals surface area contributed by atoms with Crippen molar-refractivity contribution in [3.63, 3.8) is 0 Å². The molecule has 0 aliphatic carbocycles. The van der Waals surface area contributed by atoms with E-state index >= 15 is 0 Å². The first-order valence-electron chi connectivity index (χ1n) is 9.65. The van der Waals surface area contributed by atoms with Crippen LogP contribution in [0.15, 0.2) is 54.6 Å². The molecule has 0 aliphatic rings. The van der Waals surface area contributed by atoms with Gasteiger partial charge < -0.3 is 16.0 Å². The molecule has 9 heteroatoms. The van der Waals surface area contributed by atoms with Gasteiger partial charge in [0.05, 0.1) is 12.0 Å². The molecule has 0 unspecified atom stereocenters. The number of hydrogen-bond acceptors (Lipinski definition) is 5. The molecule has 0 bridgehead atoms. The lowest BCUT2D eigenvalue weighted by Gasteiger charge is -2.11. The summed E-state index contributed by atoms with van der Waals surface area (Å²) < 4.78 is 38.4. The maximum Gasteiger partial charge on any atom is 0.416 e. The summed E-state index contributed by atoms with van der Waals surface area (Å²) in [5, 5.41) is 9.00. The van der Waals surface area contributed by atoms with Gasteiger partial charge >= 0.3 is 6.18 Å². The summed E-state index contributed by atoms with van der Waals surface area (Å²) >= 11 is 0. The number of nitrogens with zero attached hydrogens (tertiary/aromatic N) is 2. The van der Waals surface area contributed by atoms with E-state index in [4.69, 9.17) is 0 Å². The quantitative estimate of drug-likeness (QED) is 0.484. The van der Waals surface area contributed by atoms with Crippen molar-refractivity contribution in [1.29, 1.82) is 0 Å². The predicted octanol–water partition coefficient (Wildman–Crippen LogP) is 5.16. The highest BCUT2D eigenvalue weighted by molar-refractivity contribution is 5.92. The van der Waals surface area contributed by atoms with Crippen molar-refractivity contribution in [2.24, 2.45) is 0 Å². The van der Waals surface area contributed by atoms with Crippen molar-refractivity contribution >= 4 is 28.9 Å². The third kappa shape index (κ3) is 6.43. The van der Waals surface area contributed by atoms with Gasteiger partial charge in [-0.2, -0.15) is 13.2 Å². The number of halogens is 3. The summed E-state index contributed by atoms with van der Waals surface area (Å²) in [4.78, 5) is 20.9. The molecule has 0 radical (unpaired) electrons.